The molecule has 0 fully saturated rings. The lowest BCUT2D eigenvalue weighted by Gasteiger charge is -2.36. The SMILES string of the molecule is CC(=O)SCC(C)C(=O)N1C(=O)c2ccccc2CC1C(=O)OC(C)(C)C. The van der Waals surface area contributed by atoms with Crippen LogP contribution in [0, 0.1) is 5.92 Å². The Labute approximate surface area is 163 Å². The number of hydrogen-bond donors (Lipinski definition) is 0. The van der Waals surface area contributed by atoms with Crippen LogP contribution in [0.1, 0.15) is 50.5 Å². The Morgan fingerprint density at radius 1 is 1.26 bits per heavy atom. The van der Waals surface area contributed by atoms with Crippen LogP contribution < -0.4 is 0 Å². The number of esters is 1. The van der Waals surface area contributed by atoms with E-state index in [2.05, 4.69) is 0 Å². The van der Waals surface area contributed by atoms with Crippen molar-refractivity contribution in [3.8, 4) is 0 Å². The second-order valence-corrected chi connectivity index (χ2v) is 8.82. The Bertz CT molecular complexity index is 768. The van der Waals surface area contributed by atoms with Crippen molar-refractivity contribution in [3.05, 3.63) is 35.4 Å². The third kappa shape index (κ3) is 5.19. The van der Waals surface area contributed by atoms with Crippen LogP contribution in [0.4, 0.5) is 0 Å². The molecule has 2 amide bonds. The number of hydrogen-bond acceptors (Lipinski definition) is 6. The maximum absolute atomic E-state index is 13.0. The van der Waals surface area contributed by atoms with Gasteiger partial charge in [-0.1, -0.05) is 36.9 Å². The maximum Gasteiger partial charge on any atom is 0.330 e. The molecular weight excluding hydrogens is 366 g/mol. The van der Waals surface area contributed by atoms with Gasteiger partial charge in [0.15, 0.2) is 5.12 Å². The van der Waals surface area contributed by atoms with Crippen molar-refractivity contribution in [2.45, 2.75) is 52.7 Å². The summed E-state index contributed by atoms with van der Waals surface area (Å²) in [5.41, 5.74) is 0.396. The van der Waals surface area contributed by atoms with Crippen LogP contribution in [0.3, 0.4) is 0 Å². The maximum atomic E-state index is 13.0. The highest BCUT2D eigenvalue weighted by molar-refractivity contribution is 8.13. The second-order valence-electron chi connectivity index (χ2n) is 7.63. The van der Waals surface area contributed by atoms with Crippen molar-refractivity contribution in [2.24, 2.45) is 5.92 Å². The zero-order valence-electron chi connectivity index (χ0n) is 16.3. The number of fused-ring (bicyclic) bond motifs is 1. The van der Waals surface area contributed by atoms with E-state index < -0.39 is 35.3 Å². The lowest BCUT2D eigenvalue weighted by atomic mass is 9.92. The number of carbonyl (C=O) groups excluding carboxylic acids is 4. The highest BCUT2D eigenvalue weighted by Gasteiger charge is 2.43. The molecule has 1 aliphatic rings. The van der Waals surface area contributed by atoms with E-state index in [9.17, 15) is 19.2 Å². The molecule has 0 aromatic heterocycles. The van der Waals surface area contributed by atoms with Gasteiger partial charge in [0, 0.05) is 30.6 Å². The monoisotopic (exact) mass is 391 g/mol. The van der Waals surface area contributed by atoms with Crippen molar-refractivity contribution in [1.29, 1.82) is 0 Å². The molecular formula is C20H25NO5S. The fraction of sp³-hybridized carbons (Fsp3) is 0.500. The molecule has 2 atom stereocenters. The number of thioether (sulfide) groups is 1. The molecule has 0 aliphatic carbocycles. The number of carbonyl (C=O) groups is 4. The summed E-state index contributed by atoms with van der Waals surface area (Å²) < 4.78 is 5.45. The van der Waals surface area contributed by atoms with E-state index >= 15 is 0 Å². The molecule has 0 bridgehead atoms. The molecule has 0 N–H and O–H groups in total. The Balaban J connectivity index is 2.36. The van der Waals surface area contributed by atoms with E-state index in [4.69, 9.17) is 4.74 Å². The Kier molecular flexibility index (Phi) is 6.46. The van der Waals surface area contributed by atoms with Gasteiger partial charge >= 0.3 is 5.97 Å². The molecule has 0 spiro atoms. The Hall–Kier alpha value is -2.15. The smallest absolute Gasteiger partial charge is 0.330 e. The summed E-state index contributed by atoms with van der Waals surface area (Å²) in [6.07, 6.45) is 0.217. The molecule has 146 valence electrons. The number of amides is 2. The predicted octanol–water partition coefficient (Wildman–Crippen LogP) is 2.84. The summed E-state index contributed by atoms with van der Waals surface area (Å²) in [6.45, 7) is 8.29. The molecule has 1 aliphatic heterocycles. The van der Waals surface area contributed by atoms with Gasteiger partial charge < -0.3 is 4.74 Å². The number of nitrogens with zero attached hydrogens (tertiary/aromatic N) is 1. The van der Waals surface area contributed by atoms with Gasteiger partial charge in [0.05, 0.1) is 0 Å². The molecule has 7 heteroatoms. The molecule has 2 unspecified atom stereocenters. The molecule has 6 nitrogen and oxygen atoms in total. The van der Waals surface area contributed by atoms with Crippen molar-refractivity contribution in [1.82, 2.24) is 4.90 Å². The zero-order chi connectivity index (χ0) is 20.4. The lowest BCUT2D eigenvalue weighted by Crippen LogP contribution is -2.55. The summed E-state index contributed by atoms with van der Waals surface area (Å²) in [4.78, 5) is 51.0. The molecule has 0 radical (unpaired) electrons. The molecule has 1 heterocycles. The summed E-state index contributed by atoms with van der Waals surface area (Å²) >= 11 is 1.02. The summed E-state index contributed by atoms with van der Waals surface area (Å²) in [6, 6.07) is 5.94. The standard InChI is InChI=1S/C20H25NO5S/c1-12(11-27-13(2)22)17(23)21-16(19(25)26-20(3,4)5)10-14-8-6-7-9-15(14)18(21)24/h6-9,12,16H,10-11H2,1-5H3. The number of imide groups is 1. The summed E-state index contributed by atoms with van der Waals surface area (Å²) in [5, 5.41) is -0.103. The van der Waals surface area contributed by atoms with E-state index in [1.54, 1.807) is 52.0 Å². The van der Waals surface area contributed by atoms with Crippen LogP contribution in [0.2, 0.25) is 0 Å². The zero-order valence-corrected chi connectivity index (χ0v) is 17.1. The van der Waals surface area contributed by atoms with Gasteiger partial charge in [0.2, 0.25) is 5.91 Å². The first kappa shape index (κ1) is 21.2. The van der Waals surface area contributed by atoms with Gasteiger partial charge in [-0.2, -0.15) is 0 Å². The second kappa shape index (κ2) is 8.25. The van der Waals surface area contributed by atoms with Crippen molar-refractivity contribution >= 4 is 34.7 Å². The molecule has 1 aromatic carbocycles. The van der Waals surface area contributed by atoms with E-state index in [1.165, 1.54) is 6.92 Å². The predicted molar refractivity (Wildman–Crippen MR) is 103 cm³/mol. The minimum Gasteiger partial charge on any atom is -0.458 e. The van der Waals surface area contributed by atoms with Crippen LogP contribution in [0.25, 0.3) is 0 Å². The molecule has 1 aromatic rings. The average molecular weight is 391 g/mol. The minimum absolute atomic E-state index is 0.103. The van der Waals surface area contributed by atoms with Gasteiger partial charge in [-0.05, 0) is 32.4 Å². The topological polar surface area (TPSA) is 80.8 Å². The first-order chi connectivity index (χ1) is 12.5. The third-order valence-electron chi connectivity index (χ3n) is 4.07. The summed E-state index contributed by atoms with van der Waals surface area (Å²) in [5.74, 6) is -1.92. The minimum atomic E-state index is -1.01. The van der Waals surface area contributed by atoms with Crippen LogP contribution in [-0.4, -0.2) is 45.2 Å². The molecule has 0 saturated heterocycles. The lowest BCUT2D eigenvalue weighted by molar-refractivity contribution is -0.164. The average Bonchev–Trinajstić information content (AvgIpc) is 2.57. The van der Waals surface area contributed by atoms with Gasteiger partial charge in [0.1, 0.15) is 11.6 Å². The van der Waals surface area contributed by atoms with Crippen LogP contribution in [0.5, 0.6) is 0 Å². The van der Waals surface area contributed by atoms with Gasteiger partial charge in [0.25, 0.3) is 5.91 Å². The van der Waals surface area contributed by atoms with E-state index in [0.29, 0.717) is 11.1 Å². The normalized spacial score (nSPS) is 17.9. The van der Waals surface area contributed by atoms with Gasteiger partial charge in [-0.25, -0.2) is 4.79 Å². The van der Waals surface area contributed by atoms with Crippen LogP contribution in [0.15, 0.2) is 24.3 Å². The highest BCUT2D eigenvalue weighted by Crippen LogP contribution is 2.27. The van der Waals surface area contributed by atoms with E-state index in [1.807, 2.05) is 0 Å². The summed E-state index contributed by atoms with van der Waals surface area (Å²) in [7, 11) is 0. The van der Waals surface area contributed by atoms with Crippen molar-refractivity contribution < 1.29 is 23.9 Å². The molecule has 27 heavy (non-hydrogen) atoms. The van der Waals surface area contributed by atoms with Crippen molar-refractivity contribution in [3.63, 3.8) is 0 Å². The van der Waals surface area contributed by atoms with Gasteiger partial charge in [-0.3, -0.25) is 19.3 Å². The fourth-order valence-electron chi connectivity index (χ4n) is 2.84. The van der Waals surface area contributed by atoms with E-state index in [-0.39, 0.29) is 17.3 Å². The number of benzene rings is 1. The van der Waals surface area contributed by atoms with Crippen LogP contribution in [-0.2, 0) is 25.5 Å². The Morgan fingerprint density at radius 3 is 2.48 bits per heavy atom. The highest BCUT2D eigenvalue weighted by atomic mass is 32.2. The quantitative estimate of drug-likeness (QED) is 0.734. The first-order valence-corrected chi connectivity index (χ1v) is 9.81. The molecule has 2 rings (SSSR count). The van der Waals surface area contributed by atoms with Gasteiger partial charge in [-0.15, -0.1) is 0 Å². The van der Waals surface area contributed by atoms with Crippen molar-refractivity contribution in [2.75, 3.05) is 5.75 Å². The third-order valence-corrected chi connectivity index (χ3v) is 5.14. The Morgan fingerprint density at radius 2 is 1.89 bits per heavy atom. The van der Waals surface area contributed by atoms with E-state index in [0.717, 1.165) is 16.7 Å². The van der Waals surface area contributed by atoms with Crippen LogP contribution >= 0.6 is 11.8 Å². The molecule has 0 saturated carbocycles. The number of rotatable bonds is 4. The number of ether oxygens (including phenoxy) is 1. The fourth-order valence-corrected chi connectivity index (χ4v) is 3.47. The first-order valence-electron chi connectivity index (χ1n) is 8.83. The largest absolute Gasteiger partial charge is 0.458 e.